The molecule has 1 amide bonds. The molecule has 4 heteroatoms. The van der Waals surface area contributed by atoms with Crippen LogP contribution in [0.2, 0.25) is 0 Å². The minimum absolute atomic E-state index is 0.0466. The molecule has 0 saturated heterocycles. The maximum absolute atomic E-state index is 12.4. The molecule has 4 nitrogen and oxygen atoms in total. The number of carbonyl (C=O) groups excluding carboxylic acids is 1. The standard InChI is InChI=1S/C17H27NO3/c1-3-5-6-11(4-2)10-18-16(19)14-12-7-8-13(9-12)15(14)17(20)21/h7-8,11-15H,3-6,9-10H2,1-2H3,(H,18,19)(H,20,21)/t11-,12+,13-,14-,15-/m0/s1. The maximum atomic E-state index is 12.4. The summed E-state index contributed by atoms with van der Waals surface area (Å²) in [6, 6.07) is 0. The van der Waals surface area contributed by atoms with E-state index in [-0.39, 0.29) is 23.7 Å². The average molecular weight is 293 g/mol. The van der Waals surface area contributed by atoms with Crippen LogP contribution in [0.3, 0.4) is 0 Å². The lowest BCUT2D eigenvalue weighted by Crippen LogP contribution is -2.41. The van der Waals surface area contributed by atoms with Crippen molar-refractivity contribution in [1.29, 1.82) is 0 Å². The van der Waals surface area contributed by atoms with E-state index in [0.29, 0.717) is 12.5 Å². The van der Waals surface area contributed by atoms with Crippen molar-refractivity contribution in [3.63, 3.8) is 0 Å². The van der Waals surface area contributed by atoms with Gasteiger partial charge >= 0.3 is 5.97 Å². The van der Waals surface area contributed by atoms with Gasteiger partial charge in [0.05, 0.1) is 11.8 Å². The summed E-state index contributed by atoms with van der Waals surface area (Å²) in [5, 5.41) is 12.4. The molecule has 2 aliphatic carbocycles. The van der Waals surface area contributed by atoms with E-state index in [1.807, 2.05) is 12.2 Å². The van der Waals surface area contributed by atoms with E-state index in [1.54, 1.807) is 0 Å². The number of carboxylic acids is 1. The zero-order chi connectivity index (χ0) is 15.4. The monoisotopic (exact) mass is 293 g/mol. The number of carbonyl (C=O) groups is 2. The highest BCUT2D eigenvalue weighted by Crippen LogP contribution is 2.48. The minimum Gasteiger partial charge on any atom is -0.481 e. The molecule has 2 bridgehead atoms. The van der Waals surface area contributed by atoms with Crippen molar-refractivity contribution in [2.45, 2.75) is 46.0 Å². The first kappa shape index (κ1) is 16.1. The molecule has 0 aromatic carbocycles. The van der Waals surface area contributed by atoms with Gasteiger partial charge in [-0.05, 0) is 30.6 Å². The van der Waals surface area contributed by atoms with Gasteiger partial charge in [-0.25, -0.2) is 0 Å². The molecule has 1 fully saturated rings. The minimum atomic E-state index is -0.829. The molecule has 2 N–H and O–H groups in total. The number of aliphatic carboxylic acids is 1. The van der Waals surface area contributed by atoms with Crippen LogP contribution < -0.4 is 5.32 Å². The maximum Gasteiger partial charge on any atom is 0.307 e. The fourth-order valence-electron chi connectivity index (χ4n) is 3.82. The first-order chi connectivity index (χ1) is 10.1. The third-order valence-electron chi connectivity index (χ3n) is 5.16. The van der Waals surface area contributed by atoms with Crippen molar-refractivity contribution in [3.05, 3.63) is 12.2 Å². The Morgan fingerprint density at radius 1 is 1.24 bits per heavy atom. The molecule has 1 saturated carbocycles. The summed E-state index contributed by atoms with van der Waals surface area (Å²) in [6.45, 7) is 5.00. The second-order valence-corrected chi connectivity index (χ2v) is 6.50. The molecule has 0 aliphatic heterocycles. The molecule has 0 unspecified atom stereocenters. The number of carboxylic acid groups (broad SMARTS) is 1. The quantitative estimate of drug-likeness (QED) is 0.676. The molecule has 0 aromatic rings. The van der Waals surface area contributed by atoms with E-state index < -0.39 is 11.9 Å². The Morgan fingerprint density at radius 3 is 2.48 bits per heavy atom. The van der Waals surface area contributed by atoms with Gasteiger partial charge in [0.1, 0.15) is 0 Å². The predicted octanol–water partition coefficient (Wildman–Crippen LogP) is 2.84. The van der Waals surface area contributed by atoms with Gasteiger partial charge in [-0.2, -0.15) is 0 Å². The van der Waals surface area contributed by atoms with Crippen molar-refractivity contribution in [2.75, 3.05) is 6.54 Å². The van der Waals surface area contributed by atoms with Crippen LogP contribution >= 0.6 is 0 Å². The third-order valence-corrected chi connectivity index (χ3v) is 5.16. The second-order valence-electron chi connectivity index (χ2n) is 6.50. The van der Waals surface area contributed by atoms with Gasteiger partial charge in [-0.15, -0.1) is 0 Å². The topological polar surface area (TPSA) is 66.4 Å². The van der Waals surface area contributed by atoms with Crippen molar-refractivity contribution >= 4 is 11.9 Å². The lowest BCUT2D eigenvalue weighted by molar-refractivity contribution is -0.147. The van der Waals surface area contributed by atoms with Gasteiger partial charge < -0.3 is 10.4 Å². The van der Waals surface area contributed by atoms with Crippen molar-refractivity contribution in [3.8, 4) is 0 Å². The Hall–Kier alpha value is -1.32. The summed E-state index contributed by atoms with van der Waals surface area (Å²) in [5.74, 6) is -1.13. The molecule has 0 heterocycles. The van der Waals surface area contributed by atoms with Gasteiger partial charge in [0, 0.05) is 6.54 Å². The number of unbranched alkanes of at least 4 members (excludes halogenated alkanes) is 1. The zero-order valence-electron chi connectivity index (χ0n) is 13.0. The molecule has 0 aromatic heterocycles. The molecular formula is C17H27NO3. The summed E-state index contributed by atoms with van der Waals surface area (Å²) < 4.78 is 0. The summed E-state index contributed by atoms with van der Waals surface area (Å²) in [6.07, 6.45) is 9.37. The van der Waals surface area contributed by atoms with Gasteiger partial charge in [0.25, 0.3) is 0 Å². The second kappa shape index (κ2) is 7.10. The van der Waals surface area contributed by atoms with Gasteiger partial charge in [0.15, 0.2) is 0 Å². The summed E-state index contributed by atoms with van der Waals surface area (Å²) in [7, 11) is 0. The lowest BCUT2D eigenvalue weighted by atomic mass is 9.82. The highest BCUT2D eigenvalue weighted by molar-refractivity contribution is 5.86. The van der Waals surface area contributed by atoms with E-state index in [0.717, 1.165) is 19.3 Å². The highest BCUT2D eigenvalue weighted by atomic mass is 16.4. The smallest absolute Gasteiger partial charge is 0.307 e. The van der Waals surface area contributed by atoms with E-state index in [4.69, 9.17) is 0 Å². The zero-order valence-corrected chi connectivity index (χ0v) is 13.0. The summed E-state index contributed by atoms with van der Waals surface area (Å²) >= 11 is 0. The molecule has 2 aliphatic rings. The van der Waals surface area contributed by atoms with Crippen molar-refractivity contribution in [2.24, 2.45) is 29.6 Å². The lowest BCUT2D eigenvalue weighted by Gasteiger charge is -2.25. The Kier molecular flexibility index (Phi) is 5.43. The molecule has 5 atom stereocenters. The first-order valence-electron chi connectivity index (χ1n) is 8.27. The Balaban J connectivity index is 1.90. The molecule has 21 heavy (non-hydrogen) atoms. The number of rotatable bonds is 8. The van der Waals surface area contributed by atoms with Gasteiger partial charge in [-0.1, -0.05) is 45.3 Å². The van der Waals surface area contributed by atoms with Crippen LogP contribution in [0.5, 0.6) is 0 Å². The number of allylic oxidation sites excluding steroid dienone is 2. The fraction of sp³-hybridized carbons (Fsp3) is 0.765. The van der Waals surface area contributed by atoms with Crippen LogP contribution in [-0.2, 0) is 9.59 Å². The van der Waals surface area contributed by atoms with Crippen LogP contribution in [0, 0.1) is 29.6 Å². The SMILES string of the molecule is CCCC[C@H](CC)CNC(=O)[C@@H]1[C@@H](C(=O)O)[C@H]2C=C[C@@H]1C2. The van der Waals surface area contributed by atoms with E-state index in [9.17, 15) is 14.7 Å². The Morgan fingerprint density at radius 2 is 1.90 bits per heavy atom. The molecule has 118 valence electrons. The van der Waals surface area contributed by atoms with Crippen LogP contribution in [0.1, 0.15) is 46.0 Å². The Labute approximate surface area is 127 Å². The number of nitrogens with one attached hydrogen (secondary N) is 1. The normalized spacial score (nSPS) is 31.3. The largest absolute Gasteiger partial charge is 0.481 e. The van der Waals surface area contributed by atoms with Gasteiger partial charge in [0.2, 0.25) is 5.91 Å². The van der Waals surface area contributed by atoms with E-state index >= 15 is 0 Å². The van der Waals surface area contributed by atoms with Crippen molar-refractivity contribution in [1.82, 2.24) is 5.32 Å². The van der Waals surface area contributed by atoms with Crippen molar-refractivity contribution < 1.29 is 14.7 Å². The third kappa shape index (κ3) is 3.47. The number of fused-ring (bicyclic) bond motifs is 2. The van der Waals surface area contributed by atoms with E-state index in [1.165, 1.54) is 12.8 Å². The molecule has 0 radical (unpaired) electrons. The average Bonchev–Trinajstić information content (AvgIpc) is 3.07. The molecule has 0 spiro atoms. The number of hydrogen-bond acceptors (Lipinski definition) is 2. The fourth-order valence-corrected chi connectivity index (χ4v) is 3.82. The molecule has 2 rings (SSSR count). The summed E-state index contributed by atoms with van der Waals surface area (Å²) in [5.41, 5.74) is 0. The predicted molar refractivity (Wildman–Crippen MR) is 81.7 cm³/mol. The Bertz CT molecular complexity index is 418. The van der Waals surface area contributed by atoms with Crippen LogP contribution in [0.25, 0.3) is 0 Å². The van der Waals surface area contributed by atoms with Gasteiger partial charge in [-0.3, -0.25) is 9.59 Å². The van der Waals surface area contributed by atoms with E-state index in [2.05, 4.69) is 19.2 Å². The summed E-state index contributed by atoms with van der Waals surface area (Å²) in [4.78, 5) is 23.9. The first-order valence-corrected chi connectivity index (χ1v) is 8.27. The number of hydrogen-bond donors (Lipinski definition) is 2. The van der Waals surface area contributed by atoms with Crippen LogP contribution in [-0.4, -0.2) is 23.5 Å². The van der Waals surface area contributed by atoms with Crippen LogP contribution in [0.4, 0.5) is 0 Å². The highest BCUT2D eigenvalue weighted by Gasteiger charge is 2.51. The number of amides is 1. The molecular weight excluding hydrogens is 266 g/mol. The van der Waals surface area contributed by atoms with Crippen LogP contribution in [0.15, 0.2) is 12.2 Å².